The van der Waals surface area contributed by atoms with E-state index in [1.54, 1.807) is 7.11 Å². The molecule has 0 amide bonds. The van der Waals surface area contributed by atoms with Crippen molar-refractivity contribution >= 4 is 0 Å². The average Bonchev–Trinajstić information content (AvgIpc) is 2.48. The number of terminal acetylenes is 1. The van der Waals surface area contributed by atoms with Crippen LogP contribution < -0.4 is 0 Å². The van der Waals surface area contributed by atoms with Crippen LogP contribution in [0, 0.1) is 12.3 Å². The van der Waals surface area contributed by atoms with Crippen LogP contribution >= 0.6 is 0 Å². The minimum atomic E-state index is -0.573. The second kappa shape index (κ2) is 4.76. The third kappa shape index (κ3) is 2.96. The Morgan fingerprint density at radius 2 is 2.36 bits per heavy atom. The molecular weight excluding hydrogens is 184 g/mol. The van der Waals surface area contributed by atoms with Gasteiger partial charge >= 0.3 is 0 Å². The number of ether oxygens (including phenoxy) is 4. The topological polar surface area (TPSA) is 36.9 Å². The fourth-order valence-corrected chi connectivity index (χ4v) is 1.27. The molecule has 1 aliphatic heterocycles. The summed E-state index contributed by atoms with van der Waals surface area (Å²) in [5.74, 6) is 1.94. The van der Waals surface area contributed by atoms with Crippen molar-refractivity contribution in [1.29, 1.82) is 0 Å². The van der Waals surface area contributed by atoms with E-state index in [0.29, 0.717) is 6.61 Å². The summed E-state index contributed by atoms with van der Waals surface area (Å²) in [5.41, 5.74) is 0. The van der Waals surface area contributed by atoms with Crippen molar-refractivity contribution in [2.75, 3.05) is 20.5 Å². The van der Waals surface area contributed by atoms with Gasteiger partial charge in [-0.15, -0.1) is 6.42 Å². The van der Waals surface area contributed by atoms with Crippen LogP contribution in [-0.2, 0) is 18.9 Å². The second-order valence-electron chi connectivity index (χ2n) is 3.53. The van der Waals surface area contributed by atoms with Crippen LogP contribution in [0.3, 0.4) is 0 Å². The van der Waals surface area contributed by atoms with Gasteiger partial charge in [-0.25, -0.2) is 0 Å². The molecule has 0 radical (unpaired) electrons. The Morgan fingerprint density at radius 3 is 2.79 bits per heavy atom. The molecule has 1 heterocycles. The molecule has 80 valence electrons. The molecular formula is C10H16O4. The van der Waals surface area contributed by atoms with E-state index in [9.17, 15) is 0 Å². The third-order valence-electron chi connectivity index (χ3n) is 1.90. The predicted octanol–water partition coefficient (Wildman–Crippen LogP) is 0.760. The molecule has 0 saturated carbocycles. The van der Waals surface area contributed by atoms with Crippen molar-refractivity contribution in [2.24, 2.45) is 0 Å². The molecule has 0 spiro atoms. The highest BCUT2D eigenvalue weighted by Crippen LogP contribution is 2.24. The summed E-state index contributed by atoms with van der Waals surface area (Å²) in [4.78, 5) is 0. The molecule has 4 heteroatoms. The Labute approximate surface area is 84.5 Å². The van der Waals surface area contributed by atoms with E-state index >= 15 is 0 Å². The average molecular weight is 200 g/mol. The number of rotatable bonds is 4. The van der Waals surface area contributed by atoms with E-state index in [1.807, 2.05) is 13.8 Å². The lowest BCUT2D eigenvalue weighted by molar-refractivity contribution is -0.159. The molecule has 1 rings (SSSR count). The first-order valence-corrected chi connectivity index (χ1v) is 4.47. The summed E-state index contributed by atoms with van der Waals surface area (Å²) in [7, 11) is 1.55. The molecule has 0 aliphatic carbocycles. The van der Waals surface area contributed by atoms with Crippen LogP contribution in [-0.4, -0.2) is 38.5 Å². The van der Waals surface area contributed by atoms with Crippen molar-refractivity contribution in [3.8, 4) is 12.3 Å². The summed E-state index contributed by atoms with van der Waals surface area (Å²) in [6, 6.07) is 0. The van der Waals surface area contributed by atoms with E-state index in [2.05, 4.69) is 5.92 Å². The normalized spacial score (nSPS) is 27.1. The standard InChI is InChI=1S/C10H16O4/c1-5-8(12-7-11-4)9-6-13-10(2,3)14-9/h1,8-9H,6-7H2,2-4H3/t8-,9?/m1/s1. The SMILES string of the molecule is C#C[C@@H](OCOC)C1COC(C)(C)O1. The van der Waals surface area contributed by atoms with E-state index in [4.69, 9.17) is 25.4 Å². The molecule has 1 unspecified atom stereocenters. The summed E-state index contributed by atoms with van der Waals surface area (Å²) >= 11 is 0. The minimum Gasteiger partial charge on any atom is -0.359 e. The maximum Gasteiger partial charge on any atom is 0.163 e. The summed E-state index contributed by atoms with van der Waals surface area (Å²) in [6.07, 6.45) is 4.68. The fourth-order valence-electron chi connectivity index (χ4n) is 1.27. The Morgan fingerprint density at radius 1 is 1.64 bits per heavy atom. The molecule has 2 atom stereocenters. The van der Waals surface area contributed by atoms with Crippen molar-refractivity contribution in [3.05, 3.63) is 0 Å². The van der Waals surface area contributed by atoms with Gasteiger partial charge in [-0.3, -0.25) is 0 Å². The molecule has 0 N–H and O–H groups in total. The lowest BCUT2D eigenvalue weighted by atomic mass is 10.2. The molecule has 4 nitrogen and oxygen atoms in total. The van der Waals surface area contributed by atoms with Crippen molar-refractivity contribution < 1.29 is 18.9 Å². The van der Waals surface area contributed by atoms with Crippen molar-refractivity contribution in [3.63, 3.8) is 0 Å². The van der Waals surface area contributed by atoms with E-state index in [0.717, 1.165) is 0 Å². The predicted molar refractivity (Wildman–Crippen MR) is 50.5 cm³/mol. The van der Waals surface area contributed by atoms with Crippen LogP contribution in [0.15, 0.2) is 0 Å². The highest BCUT2D eigenvalue weighted by Gasteiger charge is 2.37. The zero-order valence-corrected chi connectivity index (χ0v) is 8.78. The highest BCUT2D eigenvalue weighted by atomic mass is 16.8. The maximum absolute atomic E-state index is 5.55. The first-order chi connectivity index (χ1) is 6.59. The van der Waals surface area contributed by atoms with Crippen molar-refractivity contribution in [2.45, 2.75) is 31.8 Å². The van der Waals surface area contributed by atoms with Crippen LogP contribution in [0.25, 0.3) is 0 Å². The second-order valence-corrected chi connectivity index (χ2v) is 3.53. The Bertz CT molecular complexity index is 219. The van der Waals surface area contributed by atoms with Gasteiger partial charge in [0.15, 0.2) is 5.79 Å². The molecule has 1 fully saturated rings. The van der Waals surface area contributed by atoms with Gasteiger partial charge in [0.2, 0.25) is 0 Å². The summed E-state index contributed by atoms with van der Waals surface area (Å²) < 4.78 is 21.0. The zero-order chi connectivity index (χ0) is 10.6. The fraction of sp³-hybridized carbons (Fsp3) is 0.800. The van der Waals surface area contributed by atoms with Crippen LogP contribution in [0.5, 0.6) is 0 Å². The van der Waals surface area contributed by atoms with Gasteiger partial charge in [0.1, 0.15) is 19.0 Å². The monoisotopic (exact) mass is 200 g/mol. The van der Waals surface area contributed by atoms with Gasteiger partial charge in [-0.1, -0.05) is 5.92 Å². The van der Waals surface area contributed by atoms with Crippen molar-refractivity contribution in [1.82, 2.24) is 0 Å². The van der Waals surface area contributed by atoms with Gasteiger partial charge < -0.3 is 18.9 Å². The zero-order valence-electron chi connectivity index (χ0n) is 8.78. The quantitative estimate of drug-likeness (QED) is 0.496. The molecule has 0 aromatic carbocycles. The Kier molecular flexibility index (Phi) is 3.90. The highest BCUT2D eigenvalue weighted by molar-refractivity contribution is 5.00. The first kappa shape index (κ1) is 11.5. The number of hydrogen-bond donors (Lipinski definition) is 0. The van der Waals surface area contributed by atoms with Gasteiger partial charge in [-0.2, -0.15) is 0 Å². The number of methoxy groups -OCH3 is 1. The van der Waals surface area contributed by atoms with Crippen LogP contribution in [0.1, 0.15) is 13.8 Å². The van der Waals surface area contributed by atoms with Gasteiger partial charge in [0.25, 0.3) is 0 Å². The molecule has 1 aliphatic rings. The Hall–Kier alpha value is -0.600. The van der Waals surface area contributed by atoms with Gasteiger partial charge in [-0.05, 0) is 13.8 Å². The molecule has 0 aromatic rings. The maximum atomic E-state index is 5.55. The smallest absolute Gasteiger partial charge is 0.163 e. The van der Waals surface area contributed by atoms with E-state index in [1.165, 1.54) is 0 Å². The molecule has 14 heavy (non-hydrogen) atoms. The third-order valence-corrected chi connectivity index (χ3v) is 1.90. The van der Waals surface area contributed by atoms with E-state index in [-0.39, 0.29) is 12.9 Å². The first-order valence-electron chi connectivity index (χ1n) is 4.47. The lowest BCUT2D eigenvalue weighted by Crippen LogP contribution is -2.32. The lowest BCUT2D eigenvalue weighted by Gasteiger charge is -2.20. The van der Waals surface area contributed by atoms with Crippen LogP contribution in [0.4, 0.5) is 0 Å². The van der Waals surface area contributed by atoms with E-state index < -0.39 is 11.9 Å². The Balaban J connectivity index is 2.43. The van der Waals surface area contributed by atoms with Gasteiger partial charge in [0.05, 0.1) is 6.61 Å². The summed E-state index contributed by atoms with van der Waals surface area (Å²) in [5, 5.41) is 0. The molecule has 0 bridgehead atoms. The summed E-state index contributed by atoms with van der Waals surface area (Å²) in [6.45, 7) is 4.30. The molecule has 0 aromatic heterocycles. The largest absolute Gasteiger partial charge is 0.359 e. The minimum absolute atomic E-state index is 0.162. The molecule has 1 saturated heterocycles. The van der Waals surface area contributed by atoms with Crippen LogP contribution in [0.2, 0.25) is 0 Å². The van der Waals surface area contributed by atoms with Gasteiger partial charge in [0, 0.05) is 7.11 Å². The number of hydrogen-bond acceptors (Lipinski definition) is 4.